The molecular formula is C16H16O2S. The molecule has 0 saturated carbocycles. The second-order valence-corrected chi connectivity index (χ2v) is 7.06. The molecule has 19 heavy (non-hydrogen) atoms. The van der Waals surface area contributed by atoms with Crippen LogP contribution in [0, 0.1) is 0 Å². The van der Waals surface area contributed by atoms with Gasteiger partial charge in [0, 0.05) is 0 Å². The van der Waals surface area contributed by atoms with E-state index < -0.39 is 9.84 Å². The third-order valence-corrected chi connectivity index (χ3v) is 5.61. The maximum Gasteiger partial charge on any atom is 0.178 e. The van der Waals surface area contributed by atoms with Crippen molar-refractivity contribution in [3.05, 3.63) is 65.7 Å². The summed E-state index contributed by atoms with van der Waals surface area (Å²) >= 11 is 0. The topological polar surface area (TPSA) is 34.1 Å². The normalized spacial score (nSPS) is 18.2. The van der Waals surface area contributed by atoms with E-state index >= 15 is 0 Å². The van der Waals surface area contributed by atoms with E-state index in [0.29, 0.717) is 4.90 Å². The van der Waals surface area contributed by atoms with Crippen molar-refractivity contribution in [2.45, 2.75) is 23.7 Å². The average molecular weight is 272 g/mol. The number of sulfone groups is 1. The molecule has 1 aliphatic rings. The highest BCUT2D eigenvalue weighted by Gasteiger charge is 2.27. The highest BCUT2D eigenvalue weighted by Crippen LogP contribution is 2.34. The van der Waals surface area contributed by atoms with Crippen molar-refractivity contribution in [3.8, 4) is 0 Å². The first-order valence-electron chi connectivity index (χ1n) is 6.52. The zero-order chi connectivity index (χ0) is 13.3. The van der Waals surface area contributed by atoms with E-state index in [4.69, 9.17) is 0 Å². The molecule has 0 aliphatic heterocycles. The molecule has 2 nitrogen and oxygen atoms in total. The summed E-state index contributed by atoms with van der Waals surface area (Å²) in [6.45, 7) is 0. The summed E-state index contributed by atoms with van der Waals surface area (Å²) in [5.74, 6) is 0.356. The van der Waals surface area contributed by atoms with Gasteiger partial charge in [-0.2, -0.15) is 0 Å². The van der Waals surface area contributed by atoms with Gasteiger partial charge in [-0.05, 0) is 42.0 Å². The predicted octanol–water partition coefficient (Wildman–Crippen LogP) is 3.19. The number of rotatable bonds is 3. The van der Waals surface area contributed by atoms with Gasteiger partial charge in [-0.15, -0.1) is 0 Å². The monoisotopic (exact) mass is 272 g/mol. The second-order valence-electron chi connectivity index (χ2n) is 5.03. The molecule has 0 spiro atoms. The molecule has 0 bridgehead atoms. The first-order chi connectivity index (χ1) is 9.17. The maximum absolute atomic E-state index is 12.4. The van der Waals surface area contributed by atoms with Gasteiger partial charge >= 0.3 is 0 Å². The second kappa shape index (κ2) is 4.82. The Morgan fingerprint density at radius 3 is 2.42 bits per heavy atom. The summed E-state index contributed by atoms with van der Waals surface area (Å²) < 4.78 is 24.8. The lowest BCUT2D eigenvalue weighted by Gasteiger charge is -2.12. The lowest BCUT2D eigenvalue weighted by molar-refractivity contribution is 0.586. The zero-order valence-electron chi connectivity index (χ0n) is 10.6. The Hall–Kier alpha value is -1.61. The molecule has 3 heteroatoms. The summed E-state index contributed by atoms with van der Waals surface area (Å²) in [5.41, 5.74) is 2.51. The molecule has 1 atom stereocenters. The molecule has 0 N–H and O–H groups in total. The van der Waals surface area contributed by atoms with Crippen LogP contribution in [0.3, 0.4) is 0 Å². The maximum atomic E-state index is 12.4. The van der Waals surface area contributed by atoms with Crippen LogP contribution >= 0.6 is 0 Å². The summed E-state index contributed by atoms with van der Waals surface area (Å²) in [6, 6.07) is 16.9. The number of aryl methyl sites for hydroxylation is 1. The zero-order valence-corrected chi connectivity index (χ0v) is 11.4. The van der Waals surface area contributed by atoms with Crippen molar-refractivity contribution < 1.29 is 8.42 Å². The van der Waals surface area contributed by atoms with Gasteiger partial charge in [0.2, 0.25) is 0 Å². The lowest BCUT2D eigenvalue weighted by Crippen LogP contribution is -2.13. The largest absolute Gasteiger partial charge is 0.224 e. The SMILES string of the molecule is O=S(=O)(C[C@H]1CCc2ccccc21)c1ccccc1. The van der Waals surface area contributed by atoms with Gasteiger partial charge < -0.3 is 0 Å². The Morgan fingerprint density at radius 1 is 0.947 bits per heavy atom. The molecule has 3 rings (SSSR count). The molecule has 0 heterocycles. The Balaban J connectivity index is 1.88. The van der Waals surface area contributed by atoms with Crippen LogP contribution in [-0.2, 0) is 16.3 Å². The number of fused-ring (bicyclic) bond motifs is 1. The number of benzene rings is 2. The van der Waals surface area contributed by atoms with Crippen molar-refractivity contribution in [3.63, 3.8) is 0 Å². The lowest BCUT2D eigenvalue weighted by atomic mass is 10.0. The molecular weight excluding hydrogens is 256 g/mol. The summed E-state index contributed by atoms with van der Waals surface area (Å²) in [5, 5.41) is 0. The van der Waals surface area contributed by atoms with Crippen LogP contribution in [0.4, 0.5) is 0 Å². The van der Waals surface area contributed by atoms with E-state index in [1.54, 1.807) is 24.3 Å². The van der Waals surface area contributed by atoms with E-state index in [1.807, 2.05) is 18.2 Å². The van der Waals surface area contributed by atoms with Crippen molar-refractivity contribution in [2.24, 2.45) is 0 Å². The molecule has 1 aliphatic carbocycles. The van der Waals surface area contributed by atoms with Gasteiger partial charge in [0.25, 0.3) is 0 Å². The van der Waals surface area contributed by atoms with E-state index in [9.17, 15) is 8.42 Å². The molecule has 2 aromatic rings. The minimum absolute atomic E-state index is 0.140. The Morgan fingerprint density at radius 2 is 1.63 bits per heavy atom. The number of hydrogen-bond donors (Lipinski definition) is 0. The van der Waals surface area contributed by atoms with Crippen LogP contribution in [0.15, 0.2) is 59.5 Å². The van der Waals surface area contributed by atoms with Crippen molar-refractivity contribution in [1.29, 1.82) is 0 Å². The van der Waals surface area contributed by atoms with Gasteiger partial charge in [-0.1, -0.05) is 42.5 Å². The van der Waals surface area contributed by atoms with Crippen LogP contribution < -0.4 is 0 Å². The van der Waals surface area contributed by atoms with Crippen LogP contribution in [0.5, 0.6) is 0 Å². The third-order valence-electron chi connectivity index (χ3n) is 3.78. The third kappa shape index (κ3) is 2.43. The van der Waals surface area contributed by atoms with Crippen LogP contribution in [0.2, 0.25) is 0 Å². The minimum atomic E-state index is -3.19. The van der Waals surface area contributed by atoms with Crippen LogP contribution in [0.25, 0.3) is 0 Å². The van der Waals surface area contributed by atoms with Crippen molar-refractivity contribution in [1.82, 2.24) is 0 Å². The minimum Gasteiger partial charge on any atom is -0.224 e. The summed E-state index contributed by atoms with van der Waals surface area (Å²) in [4.78, 5) is 0.430. The van der Waals surface area contributed by atoms with E-state index in [0.717, 1.165) is 12.8 Å². The standard InChI is InChI=1S/C16H16O2S/c17-19(18,15-7-2-1-3-8-15)12-14-11-10-13-6-4-5-9-16(13)14/h1-9,14H,10-12H2/t14-/m1/s1. The van der Waals surface area contributed by atoms with E-state index in [1.165, 1.54) is 11.1 Å². The Bertz CT molecular complexity index is 675. The van der Waals surface area contributed by atoms with E-state index in [-0.39, 0.29) is 11.7 Å². The quantitative estimate of drug-likeness (QED) is 0.860. The molecule has 0 saturated heterocycles. The molecule has 98 valence electrons. The van der Waals surface area contributed by atoms with E-state index in [2.05, 4.69) is 12.1 Å². The Labute approximate surface area is 114 Å². The van der Waals surface area contributed by atoms with Crippen molar-refractivity contribution >= 4 is 9.84 Å². The predicted molar refractivity (Wildman–Crippen MR) is 76.0 cm³/mol. The molecule has 0 unspecified atom stereocenters. The molecule has 0 radical (unpaired) electrons. The van der Waals surface area contributed by atoms with Crippen molar-refractivity contribution in [2.75, 3.05) is 5.75 Å². The first kappa shape index (κ1) is 12.4. The Kier molecular flexibility index (Phi) is 3.15. The number of hydrogen-bond acceptors (Lipinski definition) is 2. The highest BCUT2D eigenvalue weighted by molar-refractivity contribution is 7.91. The summed E-state index contributed by atoms with van der Waals surface area (Å²) in [7, 11) is -3.19. The molecule has 0 amide bonds. The molecule has 0 aromatic heterocycles. The highest BCUT2D eigenvalue weighted by atomic mass is 32.2. The van der Waals surface area contributed by atoms with Gasteiger partial charge in [0.1, 0.15) is 0 Å². The molecule has 2 aromatic carbocycles. The molecule has 0 fully saturated rings. The fourth-order valence-corrected chi connectivity index (χ4v) is 4.45. The van der Waals surface area contributed by atoms with Gasteiger partial charge in [0.05, 0.1) is 10.6 Å². The van der Waals surface area contributed by atoms with Gasteiger partial charge in [-0.3, -0.25) is 0 Å². The van der Waals surface area contributed by atoms with Gasteiger partial charge in [-0.25, -0.2) is 8.42 Å². The van der Waals surface area contributed by atoms with Crippen LogP contribution in [0.1, 0.15) is 23.5 Å². The fourth-order valence-electron chi connectivity index (χ4n) is 2.81. The van der Waals surface area contributed by atoms with Crippen LogP contribution in [-0.4, -0.2) is 14.2 Å². The average Bonchev–Trinajstić information content (AvgIpc) is 2.83. The van der Waals surface area contributed by atoms with Gasteiger partial charge in [0.15, 0.2) is 9.84 Å². The smallest absolute Gasteiger partial charge is 0.178 e. The summed E-state index contributed by atoms with van der Waals surface area (Å²) in [6.07, 6.45) is 1.93. The fraction of sp³-hybridized carbons (Fsp3) is 0.250. The first-order valence-corrected chi connectivity index (χ1v) is 8.18.